The van der Waals surface area contributed by atoms with Gasteiger partial charge in [-0.3, -0.25) is 9.59 Å². The van der Waals surface area contributed by atoms with Crippen molar-refractivity contribution in [3.8, 4) is 0 Å². The van der Waals surface area contributed by atoms with Gasteiger partial charge >= 0.3 is 0 Å². The molecule has 2 aromatic carbocycles. The predicted molar refractivity (Wildman–Crippen MR) is 99.9 cm³/mol. The van der Waals surface area contributed by atoms with Crippen LogP contribution in [0.15, 0.2) is 48.5 Å². The van der Waals surface area contributed by atoms with Gasteiger partial charge in [0.2, 0.25) is 11.8 Å². The lowest BCUT2D eigenvalue weighted by molar-refractivity contribution is -0.141. The number of benzene rings is 2. The van der Waals surface area contributed by atoms with Crippen molar-refractivity contribution in [1.82, 2.24) is 10.6 Å². The van der Waals surface area contributed by atoms with Gasteiger partial charge < -0.3 is 10.6 Å². The fourth-order valence-electron chi connectivity index (χ4n) is 2.54. The number of rotatable bonds is 7. The summed E-state index contributed by atoms with van der Waals surface area (Å²) in [6, 6.07) is 14.2. The number of halogens is 1. The average molecular weight is 356 g/mol. The lowest BCUT2D eigenvalue weighted by Crippen LogP contribution is -2.48. The van der Waals surface area contributed by atoms with Gasteiger partial charge in [0.25, 0.3) is 0 Å². The first-order valence-corrected chi connectivity index (χ1v) is 8.67. The first-order valence-electron chi connectivity index (χ1n) is 8.67. The Kier molecular flexibility index (Phi) is 6.50. The number of carbonyl (C=O) groups is 2. The van der Waals surface area contributed by atoms with Crippen molar-refractivity contribution in [2.45, 2.75) is 33.7 Å². The zero-order chi connectivity index (χ0) is 19.2. The van der Waals surface area contributed by atoms with Gasteiger partial charge in [-0.05, 0) is 49.9 Å². The van der Waals surface area contributed by atoms with Crippen molar-refractivity contribution in [3.05, 3.63) is 71.0 Å². The third kappa shape index (κ3) is 4.91. The lowest BCUT2D eigenvalue weighted by Gasteiger charge is -2.23. The van der Waals surface area contributed by atoms with Crippen LogP contribution in [0.3, 0.4) is 0 Å². The van der Waals surface area contributed by atoms with Crippen LogP contribution in [-0.2, 0) is 22.6 Å². The van der Waals surface area contributed by atoms with E-state index in [1.54, 1.807) is 32.0 Å². The van der Waals surface area contributed by atoms with E-state index < -0.39 is 5.41 Å². The molecule has 2 rings (SSSR count). The second-order valence-corrected chi connectivity index (χ2v) is 6.83. The summed E-state index contributed by atoms with van der Waals surface area (Å²) in [5.41, 5.74) is 1.42. The van der Waals surface area contributed by atoms with Gasteiger partial charge in [0.05, 0.1) is 0 Å². The third-order valence-corrected chi connectivity index (χ3v) is 4.47. The minimum absolute atomic E-state index is 0.272. The quantitative estimate of drug-likeness (QED) is 0.749. The summed E-state index contributed by atoms with van der Waals surface area (Å²) in [7, 11) is 0. The zero-order valence-electron chi connectivity index (χ0n) is 15.4. The van der Waals surface area contributed by atoms with Crippen molar-refractivity contribution in [2.24, 2.45) is 5.41 Å². The standard InChI is InChI=1S/C21H25FN2O2/c1-15-8-4-5-10-17(15)14-24-20(26)21(2,3)19(25)23-13-12-16-9-6-7-11-18(16)22/h4-11H,12-14H2,1-3H3,(H,23,25)(H,24,26). The molecule has 0 spiro atoms. The highest BCUT2D eigenvalue weighted by Gasteiger charge is 2.35. The van der Waals surface area contributed by atoms with Crippen LogP contribution in [0.2, 0.25) is 0 Å². The van der Waals surface area contributed by atoms with E-state index in [1.165, 1.54) is 6.07 Å². The monoisotopic (exact) mass is 356 g/mol. The molecule has 0 aliphatic rings. The Balaban J connectivity index is 1.87. The number of nitrogens with one attached hydrogen (secondary N) is 2. The van der Waals surface area contributed by atoms with Gasteiger partial charge in [0.15, 0.2) is 0 Å². The number of hydrogen-bond donors (Lipinski definition) is 2. The molecule has 4 nitrogen and oxygen atoms in total. The number of amides is 2. The van der Waals surface area contributed by atoms with E-state index >= 15 is 0 Å². The van der Waals surface area contributed by atoms with E-state index in [0.717, 1.165) is 11.1 Å². The summed E-state index contributed by atoms with van der Waals surface area (Å²) in [5, 5.41) is 5.54. The molecule has 26 heavy (non-hydrogen) atoms. The molecule has 5 heteroatoms. The van der Waals surface area contributed by atoms with Crippen molar-refractivity contribution in [1.29, 1.82) is 0 Å². The Labute approximate surface area is 153 Å². The molecule has 0 radical (unpaired) electrons. The molecule has 0 atom stereocenters. The molecule has 2 amide bonds. The topological polar surface area (TPSA) is 58.2 Å². The second-order valence-electron chi connectivity index (χ2n) is 6.83. The molecule has 138 valence electrons. The predicted octanol–water partition coefficient (Wildman–Crippen LogP) is 3.14. The summed E-state index contributed by atoms with van der Waals surface area (Å²) < 4.78 is 13.6. The summed E-state index contributed by atoms with van der Waals surface area (Å²) in [6.07, 6.45) is 0.374. The molecule has 2 N–H and O–H groups in total. The Hall–Kier alpha value is -2.69. The minimum Gasteiger partial charge on any atom is -0.355 e. The van der Waals surface area contributed by atoms with Crippen molar-refractivity contribution in [3.63, 3.8) is 0 Å². The summed E-state index contributed by atoms with van der Waals surface area (Å²) in [5.74, 6) is -1.02. The zero-order valence-corrected chi connectivity index (χ0v) is 15.4. The highest BCUT2D eigenvalue weighted by Crippen LogP contribution is 2.16. The average Bonchev–Trinajstić information content (AvgIpc) is 2.62. The van der Waals surface area contributed by atoms with Crippen LogP contribution in [-0.4, -0.2) is 18.4 Å². The summed E-state index contributed by atoms with van der Waals surface area (Å²) in [4.78, 5) is 24.8. The summed E-state index contributed by atoms with van der Waals surface area (Å²) >= 11 is 0. The molecular weight excluding hydrogens is 331 g/mol. The Bertz CT molecular complexity index is 787. The maximum atomic E-state index is 13.6. The third-order valence-electron chi connectivity index (χ3n) is 4.47. The maximum Gasteiger partial charge on any atom is 0.235 e. The van der Waals surface area contributed by atoms with Crippen LogP contribution in [0.5, 0.6) is 0 Å². The lowest BCUT2D eigenvalue weighted by atomic mass is 9.90. The maximum absolute atomic E-state index is 13.6. The normalized spacial score (nSPS) is 11.1. The number of hydrogen-bond acceptors (Lipinski definition) is 2. The fraction of sp³-hybridized carbons (Fsp3) is 0.333. The van der Waals surface area contributed by atoms with Gasteiger partial charge in [0.1, 0.15) is 11.2 Å². The van der Waals surface area contributed by atoms with Crippen molar-refractivity contribution in [2.75, 3.05) is 6.54 Å². The molecule has 0 saturated carbocycles. The van der Waals surface area contributed by atoms with Crippen LogP contribution >= 0.6 is 0 Å². The highest BCUT2D eigenvalue weighted by molar-refractivity contribution is 6.04. The van der Waals surface area contributed by atoms with Gasteiger partial charge in [-0.1, -0.05) is 42.5 Å². The Morgan fingerprint density at radius 2 is 1.50 bits per heavy atom. The number of carbonyl (C=O) groups excluding carboxylic acids is 2. The summed E-state index contributed by atoms with van der Waals surface area (Å²) in [6.45, 7) is 5.78. The first-order chi connectivity index (χ1) is 12.3. The van der Waals surface area contributed by atoms with Crippen LogP contribution in [0, 0.1) is 18.2 Å². The minimum atomic E-state index is -1.21. The molecule has 0 fully saturated rings. The largest absolute Gasteiger partial charge is 0.355 e. The van der Waals surface area contributed by atoms with E-state index in [9.17, 15) is 14.0 Å². The van der Waals surface area contributed by atoms with E-state index in [4.69, 9.17) is 0 Å². The van der Waals surface area contributed by atoms with Crippen LogP contribution in [0.1, 0.15) is 30.5 Å². The van der Waals surface area contributed by atoms with Crippen molar-refractivity contribution >= 4 is 11.8 Å². The molecule has 0 saturated heterocycles. The van der Waals surface area contributed by atoms with Crippen LogP contribution < -0.4 is 10.6 Å². The molecule has 0 bridgehead atoms. The van der Waals surface area contributed by atoms with Crippen LogP contribution in [0.4, 0.5) is 4.39 Å². The highest BCUT2D eigenvalue weighted by atomic mass is 19.1. The first kappa shape index (κ1) is 19.6. The molecule has 0 unspecified atom stereocenters. The Morgan fingerprint density at radius 3 is 2.15 bits per heavy atom. The second kappa shape index (κ2) is 8.61. The molecule has 0 heterocycles. The molecule has 0 aliphatic heterocycles. The van der Waals surface area contributed by atoms with E-state index in [-0.39, 0.29) is 24.2 Å². The molecular formula is C21H25FN2O2. The Morgan fingerprint density at radius 1 is 0.923 bits per heavy atom. The van der Waals surface area contributed by atoms with Gasteiger partial charge in [0, 0.05) is 13.1 Å². The number of aryl methyl sites for hydroxylation is 1. The van der Waals surface area contributed by atoms with E-state index in [2.05, 4.69) is 10.6 Å². The molecule has 0 aromatic heterocycles. The van der Waals surface area contributed by atoms with Gasteiger partial charge in [-0.25, -0.2) is 4.39 Å². The fourth-order valence-corrected chi connectivity index (χ4v) is 2.54. The van der Waals surface area contributed by atoms with E-state index in [1.807, 2.05) is 31.2 Å². The van der Waals surface area contributed by atoms with Crippen LogP contribution in [0.25, 0.3) is 0 Å². The smallest absolute Gasteiger partial charge is 0.235 e. The molecule has 2 aromatic rings. The van der Waals surface area contributed by atoms with Gasteiger partial charge in [-0.2, -0.15) is 0 Å². The van der Waals surface area contributed by atoms with Gasteiger partial charge in [-0.15, -0.1) is 0 Å². The SMILES string of the molecule is Cc1ccccc1CNC(=O)C(C)(C)C(=O)NCCc1ccccc1F. The van der Waals surface area contributed by atoms with E-state index in [0.29, 0.717) is 18.5 Å². The van der Waals surface area contributed by atoms with Crippen molar-refractivity contribution < 1.29 is 14.0 Å². The molecule has 0 aliphatic carbocycles.